The van der Waals surface area contributed by atoms with Gasteiger partial charge in [-0.25, -0.2) is 4.98 Å². The summed E-state index contributed by atoms with van der Waals surface area (Å²) in [5, 5.41) is 0. The van der Waals surface area contributed by atoms with Gasteiger partial charge in [-0.05, 0) is 18.2 Å². The van der Waals surface area contributed by atoms with Crippen LogP contribution >= 0.6 is 28.1 Å². The van der Waals surface area contributed by atoms with Crippen LogP contribution in [0.4, 0.5) is 0 Å². The first kappa shape index (κ1) is 13.0. The van der Waals surface area contributed by atoms with Crippen molar-refractivity contribution in [2.75, 3.05) is 7.11 Å². The average molecular weight is 326 g/mol. The fourth-order valence-corrected chi connectivity index (χ4v) is 2.29. The highest BCUT2D eigenvalue weighted by atomic mass is 79.9. The minimum Gasteiger partial charge on any atom is -0.496 e. The Morgan fingerprint density at radius 2 is 2.33 bits per heavy atom. The highest BCUT2D eigenvalue weighted by Gasteiger charge is 2.09. The fourth-order valence-electron chi connectivity index (χ4n) is 1.72. The average Bonchev–Trinajstić information content (AvgIpc) is 2.77. The molecule has 0 spiro atoms. The molecule has 0 fully saturated rings. The van der Waals surface area contributed by atoms with Gasteiger partial charge < -0.3 is 15.0 Å². The van der Waals surface area contributed by atoms with E-state index in [1.54, 1.807) is 13.3 Å². The second-order valence-corrected chi connectivity index (χ2v) is 5.05. The zero-order valence-corrected chi connectivity index (χ0v) is 12.2. The zero-order valence-electron chi connectivity index (χ0n) is 9.76. The van der Waals surface area contributed by atoms with Gasteiger partial charge in [-0.1, -0.05) is 28.1 Å². The number of ether oxygens (including phenoxy) is 1. The SMILES string of the molecule is COc1ccc(Br)cc1Cn1ccnc1C(N)=S. The Morgan fingerprint density at radius 3 is 3.00 bits per heavy atom. The first-order valence-corrected chi connectivity index (χ1v) is 6.45. The molecule has 4 nitrogen and oxygen atoms in total. The van der Waals surface area contributed by atoms with Crippen LogP contribution in [0.15, 0.2) is 35.1 Å². The molecule has 0 amide bonds. The third-order valence-electron chi connectivity index (χ3n) is 2.52. The van der Waals surface area contributed by atoms with Gasteiger partial charge in [0.05, 0.1) is 13.7 Å². The van der Waals surface area contributed by atoms with Crippen LogP contribution in [0, 0.1) is 0 Å². The molecule has 0 unspecified atom stereocenters. The first-order valence-electron chi connectivity index (χ1n) is 5.25. The maximum absolute atomic E-state index is 5.62. The molecular weight excluding hydrogens is 314 g/mol. The van der Waals surface area contributed by atoms with Crippen molar-refractivity contribution in [3.8, 4) is 5.75 Å². The van der Waals surface area contributed by atoms with E-state index < -0.39 is 0 Å². The third-order valence-corrected chi connectivity index (χ3v) is 3.19. The molecule has 0 saturated heterocycles. The van der Waals surface area contributed by atoms with Crippen LogP contribution in [0.5, 0.6) is 5.75 Å². The molecule has 0 bridgehead atoms. The van der Waals surface area contributed by atoms with Crippen LogP contribution in [0.2, 0.25) is 0 Å². The lowest BCUT2D eigenvalue weighted by molar-refractivity contribution is 0.408. The van der Waals surface area contributed by atoms with E-state index in [0.29, 0.717) is 12.4 Å². The molecule has 1 aromatic carbocycles. The highest BCUT2D eigenvalue weighted by Crippen LogP contribution is 2.24. The molecule has 0 saturated carbocycles. The molecule has 2 aromatic rings. The Morgan fingerprint density at radius 1 is 1.56 bits per heavy atom. The van der Waals surface area contributed by atoms with Crippen molar-refractivity contribution in [1.82, 2.24) is 9.55 Å². The number of thiocarbonyl (C=S) groups is 1. The Balaban J connectivity index is 2.36. The second kappa shape index (κ2) is 5.49. The van der Waals surface area contributed by atoms with Crippen LogP contribution in [0.3, 0.4) is 0 Å². The molecule has 2 rings (SSSR count). The fraction of sp³-hybridized carbons (Fsp3) is 0.167. The second-order valence-electron chi connectivity index (χ2n) is 3.70. The number of aromatic nitrogens is 2. The standard InChI is InChI=1S/C12H12BrN3OS/c1-17-10-3-2-9(13)6-8(10)7-16-5-4-15-12(16)11(14)18/h2-6H,7H2,1H3,(H2,14,18). The first-order chi connectivity index (χ1) is 8.61. The minimum atomic E-state index is 0.286. The maximum Gasteiger partial charge on any atom is 0.167 e. The predicted octanol–water partition coefficient (Wildman–Crippen LogP) is 2.34. The predicted molar refractivity (Wildman–Crippen MR) is 77.9 cm³/mol. The van der Waals surface area contributed by atoms with Crippen LogP contribution < -0.4 is 10.5 Å². The topological polar surface area (TPSA) is 53.1 Å². The molecule has 2 N–H and O–H groups in total. The number of rotatable bonds is 4. The number of nitrogens with zero attached hydrogens (tertiary/aromatic N) is 2. The lowest BCUT2D eigenvalue weighted by Crippen LogP contribution is -2.17. The van der Waals surface area contributed by atoms with Crippen LogP contribution in [-0.2, 0) is 6.54 Å². The largest absolute Gasteiger partial charge is 0.496 e. The number of hydrogen-bond acceptors (Lipinski definition) is 3. The summed E-state index contributed by atoms with van der Waals surface area (Å²) in [6.45, 7) is 0.606. The van der Waals surface area contributed by atoms with E-state index in [9.17, 15) is 0 Å². The number of imidazole rings is 1. The van der Waals surface area contributed by atoms with Gasteiger partial charge in [0.2, 0.25) is 0 Å². The van der Waals surface area contributed by atoms with Gasteiger partial charge in [0.25, 0.3) is 0 Å². The van der Waals surface area contributed by atoms with Crippen molar-refractivity contribution in [3.05, 3.63) is 46.5 Å². The number of hydrogen-bond donors (Lipinski definition) is 1. The van der Waals surface area contributed by atoms with Gasteiger partial charge in [-0.3, -0.25) is 0 Å². The molecule has 0 radical (unpaired) electrons. The minimum absolute atomic E-state index is 0.286. The van der Waals surface area contributed by atoms with E-state index in [-0.39, 0.29) is 4.99 Å². The van der Waals surface area contributed by atoms with Crippen molar-refractivity contribution in [2.45, 2.75) is 6.54 Å². The molecule has 1 heterocycles. The van der Waals surface area contributed by atoms with E-state index in [1.807, 2.05) is 29.0 Å². The van der Waals surface area contributed by atoms with E-state index >= 15 is 0 Å². The summed E-state index contributed by atoms with van der Waals surface area (Å²) in [6.07, 6.45) is 3.52. The molecular formula is C12H12BrN3OS. The van der Waals surface area contributed by atoms with Crippen molar-refractivity contribution in [2.24, 2.45) is 5.73 Å². The number of benzene rings is 1. The van der Waals surface area contributed by atoms with Crippen LogP contribution in [0.1, 0.15) is 11.4 Å². The lowest BCUT2D eigenvalue weighted by atomic mass is 10.2. The normalized spacial score (nSPS) is 10.3. The van der Waals surface area contributed by atoms with E-state index in [4.69, 9.17) is 22.7 Å². The zero-order chi connectivity index (χ0) is 13.1. The van der Waals surface area contributed by atoms with Gasteiger partial charge in [0, 0.05) is 22.4 Å². The highest BCUT2D eigenvalue weighted by molar-refractivity contribution is 9.10. The summed E-state index contributed by atoms with van der Waals surface area (Å²) >= 11 is 8.41. The quantitative estimate of drug-likeness (QED) is 0.876. The van der Waals surface area contributed by atoms with Gasteiger partial charge in [-0.15, -0.1) is 0 Å². The molecule has 0 aliphatic heterocycles. The monoisotopic (exact) mass is 325 g/mol. The van der Waals surface area contributed by atoms with Crippen molar-refractivity contribution >= 4 is 33.1 Å². The van der Waals surface area contributed by atoms with Crippen molar-refractivity contribution in [1.29, 1.82) is 0 Å². The summed E-state index contributed by atoms with van der Waals surface area (Å²) in [5.74, 6) is 1.42. The maximum atomic E-state index is 5.62. The molecule has 94 valence electrons. The molecule has 0 atom stereocenters. The Hall–Kier alpha value is -1.40. The van der Waals surface area contributed by atoms with Crippen LogP contribution in [0.25, 0.3) is 0 Å². The third kappa shape index (κ3) is 2.70. The Kier molecular flexibility index (Phi) is 3.98. The molecule has 18 heavy (non-hydrogen) atoms. The molecule has 0 aliphatic rings. The number of methoxy groups -OCH3 is 1. The number of halogens is 1. The summed E-state index contributed by atoms with van der Waals surface area (Å²) in [7, 11) is 1.65. The summed E-state index contributed by atoms with van der Waals surface area (Å²) in [4.78, 5) is 4.42. The van der Waals surface area contributed by atoms with E-state index in [2.05, 4.69) is 20.9 Å². The smallest absolute Gasteiger partial charge is 0.167 e. The van der Waals surface area contributed by atoms with Gasteiger partial charge in [0.1, 0.15) is 10.7 Å². The number of nitrogens with two attached hydrogens (primary N) is 1. The van der Waals surface area contributed by atoms with Gasteiger partial charge in [0.15, 0.2) is 5.82 Å². The Labute approximate surface area is 119 Å². The summed E-state index contributed by atoms with van der Waals surface area (Å²) < 4.78 is 8.22. The Bertz CT molecular complexity index is 582. The van der Waals surface area contributed by atoms with E-state index in [0.717, 1.165) is 15.8 Å². The molecule has 6 heteroatoms. The van der Waals surface area contributed by atoms with Crippen molar-refractivity contribution in [3.63, 3.8) is 0 Å². The van der Waals surface area contributed by atoms with Crippen LogP contribution in [-0.4, -0.2) is 21.6 Å². The van der Waals surface area contributed by atoms with Gasteiger partial charge in [-0.2, -0.15) is 0 Å². The lowest BCUT2D eigenvalue weighted by Gasteiger charge is -2.11. The van der Waals surface area contributed by atoms with E-state index in [1.165, 1.54) is 0 Å². The summed E-state index contributed by atoms with van der Waals surface area (Å²) in [6, 6.07) is 5.85. The van der Waals surface area contributed by atoms with Crippen molar-refractivity contribution < 1.29 is 4.74 Å². The molecule has 1 aromatic heterocycles. The summed E-state index contributed by atoms with van der Waals surface area (Å²) in [5.41, 5.74) is 6.65. The molecule has 0 aliphatic carbocycles. The van der Waals surface area contributed by atoms with Gasteiger partial charge >= 0.3 is 0 Å².